The van der Waals surface area contributed by atoms with Crippen LogP contribution in [0, 0.1) is 0 Å². The highest BCUT2D eigenvalue weighted by atomic mass is 32.1. The molecule has 17 heavy (non-hydrogen) atoms. The topological polar surface area (TPSA) is 127 Å². The van der Waals surface area contributed by atoms with Gasteiger partial charge in [0.1, 0.15) is 5.30 Å². The van der Waals surface area contributed by atoms with Crippen LogP contribution in [0.3, 0.4) is 0 Å². The molecule has 4 N–H and O–H groups in total. The fourth-order valence-corrected chi connectivity index (χ4v) is 3.54. The lowest BCUT2D eigenvalue weighted by Crippen LogP contribution is -2.25. The minimum Gasteiger partial charge on any atom is -0.321 e. The van der Waals surface area contributed by atoms with Gasteiger partial charge in [0.25, 0.3) is 0 Å². The van der Waals surface area contributed by atoms with Crippen molar-refractivity contribution in [1.29, 1.82) is 0 Å². The molecule has 1 aromatic carbocycles. The molecule has 0 aliphatic heterocycles. The Morgan fingerprint density at radius 3 is 2.12 bits per heavy atom. The maximum Gasteiger partial charge on any atom is 0.359 e. The van der Waals surface area contributed by atoms with Crippen molar-refractivity contribution in [2.75, 3.05) is 0 Å². The summed E-state index contributed by atoms with van der Waals surface area (Å²) >= 11 is 4.29. The second kappa shape index (κ2) is 4.90. The molecule has 10 heteroatoms. The first kappa shape index (κ1) is 14.4. The largest absolute Gasteiger partial charge is 0.359 e. The molecule has 0 fully saturated rings. The van der Waals surface area contributed by atoms with E-state index in [9.17, 15) is 9.13 Å². The Hall–Kier alpha value is -0.680. The molecule has 1 aromatic rings. The van der Waals surface area contributed by atoms with E-state index in [0.29, 0.717) is 0 Å². The van der Waals surface area contributed by atoms with Crippen molar-refractivity contribution in [1.82, 2.24) is 0 Å². The summed E-state index contributed by atoms with van der Waals surface area (Å²) < 4.78 is 22.3. The highest BCUT2D eigenvalue weighted by molar-refractivity contribution is 7.78. The van der Waals surface area contributed by atoms with Crippen LogP contribution in [0.25, 0.3) is 0 Å². The molecule has 92 valence electrons. The van der Waals surface area contributed by atoms with E-state index < -0.39 is 25.8 Å². The van der Waals surface area contributed by atoms with E-state index in [-0.39, 0.29) is 5.69 Å². The van der Waals surface area contributed by atoms with E-state index in [1.807, 2.05) is 5.16 Å². The summed E-state index contributed by atoms with van der Waals surface area (Å²) in [6.45, 7) is 0. The molecule has 0 spiro atoms. The molecule has 7 nitrogen and oxygen atoms in total. The van der Waals surface area contributed by atoms with Crippen LogP contribution >= 0.6 is 27.4 Å². The zero-order valence-corrected chi connectivity index (χ0v) is 10.7. The van der Waals surface area contributed by atoms with Gasteiger partial charge in [0.2, 0.25) is 0 Å². The van der Waals surface area contributed by atoms with Gasteiger partial charge >= 0.3 is 15.2 Å². The average Bonchev–Trinajstić information content (AvgIpc) is 2.14. The van der Waals surface area contributed by atoms with Crippen LogP contribution in [0.1, 0.15) is 0 Å². The van der Waals surface area contributed by atoms with Crippen LogP contribution < -0.4 is 10.6 Å². The standard InChI is InChI=1S/C7H7NO6P2S/c9-15(10,11)6-3-1-2-5(8-4-17)7(6)16(12,13)14/h1-3H,(H2,9,10,11)(H2,12,13,14). The predicted octanol–water partition coefficient (Wildman–Crippen LogP) is 0.0269. The monoisotopic (exact) mass is 295 g/mol. The second-order valence-electron chi connectivity index (χ2n) is 2.94. The van der Waals surface area contributed by atoms with Crippen molar-refractivity contribution in [3.8, 4) is 0 Å². The second-order valence-corrected chi connectivity index (χ2v) is 6.22. The van der Waals surface area contributed by atoms with Gasteiger partial charge in [-0.05, 0) is 24.4 Å². The molecule has 0 aromatic heterocycles. The molecule has 0 saturated carbocycles. The third kappa shape index (κ3) is 3.39. The summed E-state index contributed by atoms with van der Waals surface area (Å²) in [5.41, 5.74) is -0.311. The summed E-state index contributed by atoms with van der Waals surface area (Å²) in [6, 6.07) is 3.31. The zero-order valence-electron chi connectivity index (χ0n) is 8.09. The van der Waals surface area contributed by atoms with E-state index in [2.05, 4.69) is 17.2 Å². The van der Waals surface area contributed by atoms with E-state index in [4.69, 9.17) is 19.6 Å². The van der Waals surface area contributed by atoms with Gasteiger partial charge in [-0.15, -0.1) is 0 Å². The number of hydrogen-bond acceptors (Lipinski definition) is 4. The van der Waals surface area contributed by atoms with E-state index >= 15 is 0 Å². The number of thiocarbonyl (C=S) groups is 1. The van der Waals surface area contributed by atoms with Gasteiger partial charge < -0.3 is 19.6 Å². The molecule has 0 aliphatic rings. The Bertz CT molecular complexity index is 584. The van der Waals surface area contributed by atoms with Crippen molar-refractivity contribution in [2.45, 2.75) is 0 Å². The first-order chi connectivity index (χ1) is 7.68. The highest BCUT2D eigenvalue weighted by Gasteiger charge is 2.33. The molecule has 0 saturated heterocycles. The third-order valence-corrected chi connectivity index (χ3v) is 4.09. The van der Waals surface area contributed by atoms with Crippen LogP contribution in [-0.4, -0.2) is 24.7 Å². The van der Waals surface area contributed by atoms with Crippen LogP contribution in [-0.2, 0) is 9.13 Å². The first-order valence-electron chi connectivity index (χ1n) is 4.01. The number of hydrogen-bond donors (Lipinski definition) is 4. The van der Waals surface area contributed by atoms with E-state index in [1.54, 1.807) is 0 Å². The number of rotatable bonds is 3. The maximum absolute atomic E-state index is 11.2. The van der Waals surface area contributed by atoms with Crippen LogP contribution in [0.15, 0.2) is 23.2 Å². The van der Waals surface area contributed by atoms with Crippen molar-refractivity contribution in [3.63, 3.8) is 0 Å². The van der Waals surface area contributed by atoms with Gasteiger partial charge in [0, 0.05) is 0 Å². The molecule has 0 amide bonds. The van der Waals surface area contributed by atoms with Crippen molar-refractivity contribution in [3.05, 3.63) is 18.2 Å². The minimum atomic E-state index is -4.89. The Morgan fingerprint density at radius 1 is 1.12 bits per heavy atom. The summed E-state index contributed by atoms with van der Waals surface area (Å²) in [6.07, 6.45) is 0. The Morgan fingerprint density at radius 2 is 1.71 bits per heavy atom. The Labute approximate surface area is 101 Å². The summed E-state index contributed by atoms with van der Waals surface area (Å²) in [5.74, 6) is 0. The van der Waals surface area contributed by atoms with Crippen molar-refractivity contribution < 1.29 is 28.7 Å². The maximum atomic E-state index is 11.2. The molecular weight excluding hydrogens is 288 g/mol. The lowest BCUT2D eigenvalue weighted by Gasteiger charge is -2.13. The van der Waals surface area contributed by atoms with Gasteiger partial charge in [-0.1, -0.05) is 6.07 Å². The van der Waals surface area contributed by atoms with Gasteiger partial charge in [-0.2, -0.15) is 4.99 Å². The molecule has 0 bridgehead atoms. The summed E-state index contributed by atoms with van der Waals surface area (Å²) in [5, 5.41) is 0.293. The first-order valence-corrected chi connectivity index (χ1v) is 7.64. The smallest absolute Gasteiger partial charge is 0.321 e. The summed E-state index contributed by atoms with van der Waals surface area (Å²) in [4.78, 5) is 39.6. The average molecular weight is 295 g/mol. The molecule has 1 rings (SSSR count). The molecule has 0 aliphatic carbocycles. The molecule has 0 heterocycles. The number of aliphatic imine (C=N–C) groups is 1. The lowest BCUT2D eigenvalue weighted by atomic mass is 10.3. The highest BCUT2D eigenvalue weighted by Crippen LogP contribution is 2.42. The van der Waals surface area contributed by atoms with Crippen molar-refractivity contribution >= 4 is 48.9 Å². The molecule has 0 unspecified atom stereocenters. The Kier molecular flexibility index (Phi) is 4.15. The minimum absolute atomic E-state index is 0.311. The molecular formula is C7H7NO6P2S. The normalized spacial score (nSPS) is 12.0. The summed E-state index contributed by atoms with van der Waals surface area (Å²) in [7, 11) is -9.71. The number of benzene rings is 1. The van der Waals surface area contributed by atoms with Gasteiger partial charge in [-0.25, -0.2) is 0 Å². The van der Waals surface area contributed by atoms with E-state index in [1.165, 1.54) is 12.1 Å². The van der Waals surface area contributed by atoms with Gasteiger partial charge in [0.05, 0.1) is 16.2 Å². The molecule has 0 atom stereocenters. The van der Waals surface area contributed by atoms with E-state index in [0.717, 1.165) is 6.07 Å². The van der Waals surface area contributed by atoms with Gasteiger partial charge in [0.15, 0.2) is 0 Å². The number of isothiocyanates is 1. The van der Waals surface area contributed by atoms with Crippen LogP contribution in [0.4, 0.5) is 5.69 Å². The Balaban J connectivity index is 3.76. The lowest BCUT2D eigenvalue weighted by molar-refractivity contribution is 0.381. The van der Waals surface area contributed by atoms with Crippen molar-refractivity contribution in [2.24, 2.45) is 4.99 Å². The fraction of sp³-hybridized carbons (Fsp3) is 0. The number of nitrogens with zero attached hydrogens (tertiary/aromatic N) is 1. The predicted molar refractivity (Wildman–Crippen MR) is 64.5 cm³/mol. The zero-order chi connectivity index (χ0) is 13.3. The molecule has 0 radical (unpaired) electrons. The van der Waals surface area contributed by atoms with Gasteiger partial charge in [-0.3, -0.25) is 9.13 Å². The van der Waals surface area contributed by atoms with Crippen LogP contribution in [0.2, 0.25) is 0 Å². The third-order valence-electron chi connectivity index (χ3n) is 1.76. The quantitative estimate of drug-likeness (QED) is 0.352. The SMILES string of the molecule is O=P(O)(O)c1cccc(N=C=S)c1P(=O)(O)O. The van der Waals surface area contributed by atoms with Crippen LogP contribution in [0.5, 0.6) is 0 Å². The fourth-order valence-electron chi connectivity index (χ4n) is 1.19.